The molecule has 1 aromatic heterocycles. The maximum absolute atomic E-state index is 12.1. The average Bonchev–Trinajstić information content (AvgIpc) is 2.48. The molecule has 0 saturated carbocycles. The van der Waals surface area contributed by atoms with Crippen LogP contribution in [0, 0.1) is 0 Å². The number of aromatic nitrogens is 1. The number of pyridine rings is 1. The lowest BCUT2D eigenvalue weighted by atomic mass is 10.1. The van der Waals surface area contributed by atoms with Gasteiger partial charge in [-0.25, -0.2) is 4.79 Å². The van der Waals surface area contributed by atoms with Crippen molar-refractivity contribution >= 4 is 11.9 Å². The quantitative estimate of drug-likeness (QED) is 0.866. The zero-order valence-electron chi connectivity index (χ0n) is 12.3. The summed E-state index contributed by atoms with van der Waals surface area (Å²) in [6.45, 7) is 3.39. The Labute approximate surface area is 124 Å². The van der Waals surface area contributed by atoms with E-state index >= 15 is 0 Å². The number of hydrogen-bond donors (Lipinski definition) is 2. The van der Waals surface area contributed by atoms with Crippen molar-refractivity contribution in [2.24, 2.45) is 0 Å². The number of rotatable bonds is 4. The number of carbonyl (C=O) groups excluding carboxylic acids is 2. The van der Waals surface area contributed by atoms with Gasteiger partial charge in [0, 0.05) is 50.9 Å². The molecule has 6 nitrogen and oxygen atoms in total. The molecule has 2 heterocycles. The maximum Gasteiger partial charge on any atom is 0.317 e. The normalized spacial score (nSPS) is 18.1. The summed E-state index contributed by atoms with van der Waals surface area (Å²) < 4.78 is 0. The first-order chi connectivity index (χ1) is 10.1. The van der Waals surface area contributed by atoms with Crippen LogP contribution in [0.25, 0.3) is 0 Å². The molecule has 1 aliphatic rings. The van der Waals surface area contributed by atoms with E-state index in [4.69, 9.17) is 0 Å². The fraction of sp³-hybridized carbons (Fsp3) is 0.533. The molecule has 21 heavy (non-hydrogen) atoms. The van der Waals surface area contributed by atoms with Crippen LogP contribution in [-0.2, 0) is 11.2 Å². The van der Waals surface area contributed by atoms with Gasteiger partial charge in [0.15, 0.2) is 0 Å². The van der Waals surface area contributed by atoms with Crippen molar-refractivity contribution in [3.8, 4) is 0 Å². The molecule has 2 rings (SSSR count). The monoisotopic (exact) mass is 290 g/mol. The Morgan fingerprint density at radius 3 is 3.00 bits per heavy atom. The third-order valence-corrected chi connectivity index (χ3v) is 3.50. The van der Waals surface area contributed by atoms with Gasteiger partial charge in [0.1, 0.15) is 0 Å². The number of nitrogens with zero attached hydrogens (tertiary/aromatic N) is 2. The molecule has 0 radical (unpaired) electrons. The average molecular weight is 290 g/mol. The van der Waals surface area contributed by atoms with E-state index in [1.54, 1.807) is 11.1 Å². The summed E-state index contributed by atoms with van der Waals surface area (Å²) in [6.07, 6.45) is 4.31. The zero-order chi connectivity index (χ0) is 15.1. The minimum absolute atomic E-state index is 0.0441. The van der Waals surface area contributed by atoms with Crippen LogP contribution in [0.5, 0.6) is 0 Å². The molecule has 1 aliphatic heterocycles. The molecule has 1 saturated heterocycles. The highest BCUT2D eigenvalue weighted by atomic mass is 16.2. The Bertz CT molecular complexity index is 478. The van der Waals surface area contributed by atoms with Crippen molar-refractivity contribution in [3.05, 3.63) is 30.1 Å². The summed E-state index contributed by atoms with van der Waals surface area (Å²) in [5.41, 5.74) is 0.965. The molecule has 114 valence electrons. The molecule has 1 aromatic rings. The summed E-state index contributed by atoms with van der Waals surface area (Å²) in [4.78, 5) is 29.2. The highest BCUT2D eigenvalue weighted by Gasteiger charge is 2.23. The predicted molar refractivity (Wildman–Crippen MR) is 79.8 cm³/mol. The highest BCUT2D eigenvalue weighted by molar-refractivity contribution is 5.75. The molecule has 0 spiro atoms. The van der Waals surface area contributed by atoms with Gasteiger partial charge in [0.25, 0.3) is 0 Å². The van der Waals surface area contributed by atoms with Gasteiger partial charge >= 0.3 is 6.03 Å². The van der Waals surface area contributed by atoms with E-state index in [2.05, 4.69) is 15.6 Å². The number of likely N-dealkylation sites (tertiary alicyclic amines) is 1. The molecule has 0 aromatic carbocycles. The van der Waals surface area contributed by atoms with Crippen LogP contribution in [0.15, 0.2) is 24.4 Å². The van der Waals surface area contributed by atoms with Crippen LogP contribution in [0.1, 0.15) is 25.5 Å². The van der Waals surface area contributed by atoms with E-state index in [0.717, 1.165) is 31.5 Å². The van der Waals surface area contributed by atoms with Gasteiger partial charge in [-0.3, -0.25) is 9.78 Å². The van der Waals surface area contributed by atoms with Gasteiger partial charge in [-0.15, -0.1) is 0 Å². The topological polar surface area (TPSA) is 74.3 Å². The van der Waals surface area contributed by atoms with Gasteiger partial charge in [-0.1, -0.05) is 6.07 Å². The predicted octanol–water partition coefficient (Wildman–Crippen LogP) is 0.934. The Balaban J connectivity index is 1.73. The Kier molecular flexibility index (Phi) is 5.54. The third-order valence-electron chi connectivity index (χ3n) is 3.50. The molecule has 2 N–H and O–H groups in total. The van der Waals surface area contributed by atoms with Crippen molar-refractivity contribution in [2.45, 2.75) is 32.2 Å². The van der Waals surface area contributed by atoms with Crippen molar-refractivity contribution in [1.29, 1.82) is 0 Å². The lowest BCUT2D eigenvalue weighted by Gasteiger charge is -2.33. The second-order valence-electron chi connectivity index (χ2n) is 5.29. The van der Waals surface area contributed by atoms with Crippen LogP contribution in [0.4, 0.5) is 4.79 Å². The molecule has 6 heteroatoms. The second-order valence-corrected chi connectivity index (χ2v) is 5.29. The zero-order valence-corrected chi connectivity index (χ0v) is 12.3. The fourth-order valence-corrected chi connectivity index (χ4v) is 2.52. The Morgan fingerprint density at radius 1 is 1.43 bits per heavy atom. The summed E-state index contributed by atoms with van der Waals surface area (Å²) in [6, 6.07) is 5.75. The lowest BCUT2D eigenvalue weighted by molar-refractivity contribution is -0.119. The SMILES string of the molecule is CC(=O)NC1CCCN(C(=O)NCCc2ccccn2)C1. The first-order valence-corrected chi connectivity index (χ1v) is 7.35. The van der Waals surface area contributed by atoms with Crippen molar-refractivity contribution in [1.82, 2.24) is 20.5 Å². The van der Waals surface area contributed by atoms with Crippen LogP contribution < -0.4 is 10.6 Å². The first-order valence-electron chi connectivity index (χ1n) is 7.35. The molecular formula is C15H22N4O2. The summed E-state index contributed by atoms with van der Waals surface area (Å²) in [5, 5.41) is 5.79. The molecule has 3 amide bonds. The van der Waals surface area contributed by atoms with Crippen LogP contribution >= 0.6 is 0 Å². The van der Waals surface area contributed by atoms with Crippen LogP contribution in [-0.4, -0.2) is 47.5 Å². The van der Waals surface area contributed by atoms with E-state index < -0.39 is 0 Å². The second kappa shape index (κ2) is 7.61. The highest BCUT2D eigenvalue weighted by Crippen LogP contribution is 2.10. The van der Waals surface area contributed by atoms with Gasteiger partial charge in [0.05, 0.1) is 0 Å². The van der Waals surface area contributed by atoms with Crippen LogP contribution in [0.3, 0.4) is 0 Å². The number of nitrogens with one attached hydrogen (secondary N) is 2. The maximum atomic E-state index is 12.1. The fourth-order valence-electron chi connectivity index (χ4n) is 2.52. The minimum Gasteiger partial charge on any atom is -0.352 e. The van der Waals surface area contributed by atoms with Crippen molar-refractivity contribution in [3.63, 3.8) is 0 Å². The third kappa shape index (κ3) is 5.06. The molecule has 0 bridgehead atoms. The summed E-state index contributed by atoms with van der Waals surface area (Å²) >= 11 is 0. The number of piperidine rings is 1. The van der Waals surface area contributed by atoms with Gasteiger partial charge in [-0.05, 0) is 25.0 Å². The summed E-state index contributed by atoms with van der Waals surface area (Å²) in [5.74, 6) is -0.0441. The van der Waals surface area contributed by atoms with E-state index in [9.17, 15) is 9.59 Å². The summed E-state index contributed by atoms with van der Waals surface area (Å²) in [7, 11) is 0. The van der Waals surface area contributed by atoms with Crippen molar-refractivity contribution in [2.75, 3.05) is 19.6 Å². The standard InChI is InChI=1S/C15H22N4O2/c1-12(20)18-14-6-4-10-19(11-14)15(21)17-9-7-13-5-2-3-8-16-13/h2-3,5,8,14H,4,6-7,9-11H2,1H3,(H,17,21)(H,18,20). The minimum atomic E-state index is -0.0685. The van der Waals surface area contributed by atoms with E-state index in [-0.39, 0.29) is 18.0 Å². The van der Waals surface area contributed by atoms with Gasteiger partial charge in [-0.2, -0.15) is 0 Å². The smallest absolute Gasteiger partial charge is 0.317 e. The lowest BCUT2D eigenvalue weighted by Crippen LogP contribution is -2.52. The number of carbonyl (C=O) groups is 2. The molecular weight excluding hydrogens is 268 g/mol. The molecule has 1 fully saturated rings. The van der Waals surface area contributed by atoms with E-state index in [1.165, 1.54) is 6.92 Å². The number of amides is 3. The Morgan fingerprint density at radius 2 is 2.29 bits per heavy atom. The number of hydrogen-bond acceptors (Lipinski definition) is 3. The first kappa shape index (κ1) is 15.3. The van der Waals surface area contributed by atoms with E-state index in [0.29, 0.717) is 13.1 Å². The van der Waals surface area contributed by atoms with Crippen LogP contribution in [0.2, 0.25) is 0 Å². The van der Waals surface area contributed by atoms with Crippen molar-refractivity contribution < 1.29 is 9.59 Å². The van der Waals surface area contributed by atoms with Gasteiger partial charge in [0.2, 0.25) is 5.91 Å². The number of urea groups is 1. The largest absolute Gasteiger partial charge is 0.352 e. The Hall–Kier alpha value is -2.11. The molecule has 0 aliphatic carbocycles. The van der Waals surface area contributed by atoms with Gasteiger partial charge < -0.3 is 15.5 Å². The molecule has 1 unspecified atom stereocenters. The molecule has 1 atom stereocenters. The van der Waals surface area contributed by atoms with E-state index in [1.807, 2.05) is 18.2 Å².